The second kappa shape index (κ2) is 5.19. The summed E-state index contributed by atoms with van der Waals surface area (Å²) in [6.07, 6.45) is 11.4. The Bertz CT molecular complexity index is 240. The Kier molecular flexibility index (Phi) is 4.19. The maximum atomic E-state index is 2.33. The lowest BCUT2D eigenvalue weighted by Gasteiger charge is -2.13. The molecule has 1 rings (SSSR count). The Morgan fingerprint density at radius 1 is 1.00 bits per heavy atom. The molecule has 0 saturated carbocycles. The zero-order chi connectivity index (χ0) is 10.6. The topological polar surface area (TPSA) is 0 Å². The van der Waals surface area contributed by atoms with Gasteiger partial charge in [-0.05, 0) is 49.7 Å². The quantitative estimate of drug-likeness (QED) is 0.614. The highest BCUT2D eigenvalue weighted by atomic mass is 14.3. The fraction of sp³-hybridized carbons (Fsp3) is 0.571. The molecular weight excluding hydrogens is 168 g/mol. The van der Waals surface area contributed by atoms with Crippen LogP contribution in [-0.2, 0) is 0 Å². The third-order valence-electron chi connectivity index (χ3n) is 3.06. The maximum absolute atomic E-state index is 2.33. The van der Waals surface area contributed by atoms with Gasteiger partial charge in [-0.3, -0.25) is 0 Å². The highest BCUT2D eigenvalue weighted by Gasteiger charge is 2.23. The van der Waals surface area contributed by atoms with Gasteiger partial charge in [0.15, 0.2) is 0 Å². The van der Waals surface area contributed by atoms with Gasteiger partial charge in [-0.15, -0.1) is 0 Å². The number of hydrogen-bond donors (Lipinski definition) is 0. The monoisotopic (exact) mass is 190 g/mol. The minimum atomic E-state index is 0.804. The van der Waals surface area contributed by atoms with Gasteiger partial charge < -0.3 is 0 Å². The molecule has 0 aromatic rings. The molecule has 0 aromatic carbocycles. The van der Waals surface area contributed by atoms with Crippen LogP contribution in [-0.4, -0.2) is 0 Å². The molecule has 0 bridgehead atoms. The predicted octanol–water partition coefficient (Wildman–Crippen LogP) is 4.50. The third-order valence-corrected chi connectivity index (χ3v) is 3.06. The van der Waals surface area contributed by atoms with Crippen molar-refractivity contribution in [1.82, 2.24) is 0 Å². The summed E-state index contributed by atoms with van der Waals surface area (Å²) in [6.45, 7) is 8.86. The number of rotatable bonds is 3. The van der Waals surface area contributed by atoms with Crippen molar-refractivity contribution in [3.05, 3.63) is 35.5 Å². The molecule has 0 nitrogen and oxygen atoms in total. The second-order valence-corrected chi connectivity index (χ2v) is 4.46. The van der Waals surface area contributed by atoms with Crippen LogP contribution in [0.4, 0.5) is 0 Å². The van der Waals surface area contributed by atoms with Gasteiger partial charge in [0.25, 0.3) is 0 Å². The van der Waals surface area contributed by atoms with E-state index in [9.17, 15) is 0 Å². The van der Waals surface area contributed by atoms with E-state index in [2.05, 4.69) is 52.0 Å². The largest absolute Gasteiger partial charge is 0.0874 e. The molecule has 0 fully saturated rings. The summed E-state index contributed by atoms with van der Waals surface area (Å²) in [5, 5.41) is 0. The summed E-state index contributed by atoms with van der Waals surface area (Å²) in [6, 6.07) is 0. The molecule has 0 radical (unpaired) electrons. The Morgan fingerprint density at radius 2 is 1.43 bits per heavy atom. The van der Waals surface area contributed by atoms with E-state index in [4.69, 9.17) is 0 Å². The molecule has 0 saturated heterocycles. The highest BCUT2D eigenvalue weighted by Crippen LogP contribution is 2.37. The van der Waals surface area contributed by atoms with Crippen LogP contribution in [0.15, 0.2) is 35.5 Å². The summed E-state index contributed by atoms with van der Waals surface area (Å²) < 4.78 is 0. The van der Waals surface area contributed by atoms with Crippen molar-refractivity contribution in [3.8, 4) is 0 Å². The zero-order valence-electron chi connectivity index (χ0n) is 9.88. The van der Waals surface area contributed by atoms with Crippen LogP contribution in [0.2, 0.25) is 0 Å². The molecule has 0 amide bonds. The van der Waals surface area contributed by atoms with Crippen molar-refractivity contribution in [2.24, 2.45) is 11.8 Å². The van der Waals surface area contributed by atoms with Gasteiger partial charge >= 0.3 is 0 Å². The standard InChI is InChI=1S/C14H22/c1-5-7-12-9-14(11(3)4)10-13(12)8-6-2/h5-8,11,14H,9-10H2,1-4H3/b7-5-,8-6-. The first-order chi connectivity index (χ1) is 6.69. The normalized spacial score (nSPS) is 19.8. The molecule has 0 unspecified atom stereocenters. The van der Waals surface area contributed by atoms with Crippen LogP contribution >= 0.6 is 0 Å². The lowest BCUT2D eigenvalue weighted by Crippen LogP contribution is -2.03. The Morgan fingerprint density at radius 3 is 1.71 bits per heavy atom. The molecule has 0 heteroatoms. The third kappa shape index (κ3) is 2.60. The van der Waals surface area contributed by atoms with Crippen LogP contribution in [0, 0.1) is 11.8 Å². The molecule has 1 aliphatic rings. The zero-order valence-corrected chi connectivity index (χ0v) is 9.88. The summed E-state index contributed by atoms with van der Waals surface area (Å²) in [5.74, 6) is 1.66. The molecule has 0 spiro atoms. The van der Waals surface area contributed by atoms with E-state index in [0.29, 0.717) is 0 Å². The lowest BCUT2D eigenvalue weighted by atomic mass is 9.92. The number of hydrogen-bond acceptors (Lipinski definition) is 0. The van der Waals surface area contributed by atoms with Crippen molar-refractivity contribution in [2.45, 2.75) is 40.5 Å². The van der Waals surface area contributed by atoms with Gasteiger partial charge in [0.2, 0.25) is 0 Å². The van der Waals surface area contributed by atoms with E-state index in [1.807, 2.05) is 0 Å². The van der Waals surface area contributed by atoms with Crippen molar-refractivity contribution < 1.29 is 0 Å². The van der Waals surface area contributed by atoms with E-state index >= 15 is 0 Å². The van der Waals surface area contributed by atoms with E-state index < -0.39 is 0 Å². The molecule has 0 heterocycles. The molecule has 78 valence electrons. The van der Waals surface area contributed by atoms with Crippen LogP contribution in [0.5, 0.6) is 0 Å². The van der Waals surface area contributed by atoms with E-state index in [1.165, 1.54) is 12.8 Å². The SMILES string of the molecule is C/C=C\C1=C(/C=C\C)CC(C(C)C)C1. The van der Waals surface area contributed by atoms with Crippen molar-refractivity contribution in [1.29, 1.82) is 0 Å². The van der Waals surface area contributed by atoms with Gasteiger partial charge in [-0.1, -0.05) is 38.2 Å². The van der Waals surface area contributed by atoms with Gasteiger partial charge in [0.1, 0.15) is 0 Å². The lowest BCUT2D eigenvalue weighted by molar-refractivity contribution is 0.404. The first-order valence-electron chi connectivity index (χ1n) is 5.66. The van der Waals surface area contributed by atoms with Crippen molar-refractivity contribution >= 4 is 0 Å². The summed E-state index contributed by atoms with van der Waals surface area (Å²) in [7, 11) is 0. The molecule has 1 aliphatic carbocycles. The van der Waals surface area contributed by atoms with Crippen molar-refractivity contribution in [3.63, 3.8) is 0 Å². The van der Waals surface area contributed by atoms with Gasteiger partial charge in [-0.2, -0.15) is 0 Å². The van der Waals surface area contributed by atoms with Crippen LogP contribution < -0.4 is 0 Å². The van der Waals surface area contributed by atoms with Crippen molar-refractivity contribution in [2.75, 3.05) is 0 Å². The molecular formula is C14H22. The van der Waals surface area contributed by atoms with E-state index in [-0.39, 0.29) is 0 Å². The smallest absolute Gasteiger partial charge is 0.0242 e. The number of allylic oxidation sites excluding steroid dienone is 6. The maximum Gasteiger partial charge on any atom is -0.0242 e. The summed E-state index contributed by atoms with van der Waals surface area (Å²) in [5.41, 5.74) is 3.09. The minimum absolute atomic E-state index is 0.804. The van der Waals surface area contributed by atoms with E-state index in [0.717, 1.165) is 11.8 Å². The molecule has 0 aromatic heterocycles. The second-order valence-electron chi connectivity index (χ2n) is 4.46. The van der Waals surface area contributed by atoms with Crippen LogP contribution in [0.3, 0.4) is 0 Å². The van der Waals surface area contributed by atoms with Gasteiger partial charge in [-0.25, -0.2) is 0 Å². The summed E-state index contributed by atoms with van der Waals surface area (Å²) >= 11 is 0. The molecule has 14 heavy (non-hydrogen) atoms. The Balaban J connectivity index is 2.78. The van der Waals surface area contributed by atoms with Crippen LogP contribution in [0.25, 0.3) is 0 Å². The fourth-order valence-corrected chi connectivity index (χ4v) is 2.12. The van der Waals surface area contributed by atoms with E-state index in [1.54, 1.807) is 11.1 Å². The average molecular weight is 190 g/mol. The fourth-order valence-electron chi connectivity index (χ4n) is 2.12. The summed E-state index contributed by atoms with van der Waals surface area (Å²) in [4.78, 5) is 0. The average Bonchev–Trinajstić information content (AvgIpc) is 2.50. The first kappa shape index (κ1) is 11.3. The Labute approximate surface area is 88.4 Å². The minimum Gasteiger partial charge on any atom is -0.0874 e. The van der Waals surface area contributed by atoms with Gasteiger partial charge in [0.05, 0.1) is 0 Å². The van der Waals surface area contributed by atoms with Crippen LogP contribution in [0.1, 0.15) is 40.5 Å². The van der Waals surface area contributed by atoms with Gasteiger partial charge in [0, 0.05) is 0 Å². The Hall–Kier alpha value is -0.780. The molecule has 0 N–H and O–H groups in total. The first-order valence-corrected chi connectivity index (χ1v) is 5.66. The predicted molar refractivity (Wildman–Crippen MR) is 64.2 cm³/mol. The highest BCUT2D eigenvalue weighted by molar-refractivity contribution is 5.37. The molecule has 0 aliphatic heterocycles. The molecule has 0 atom stereocenters.